The number of aliphatic hydroxyl groups is 1. The minimum absolute atomic E-state index is 0.0433. The molecule has 0 bridgehead atoms. The molecule has 0 atom stereocenters. The summed E-state index contributed by atoms with van der Waals surface area (Å²) in [6.07, 6.45) is 0.846. The zero-order valence-corrected chi connectivity index (χ0v) is 14.5. The zero-order valence-electron chi connectivity index (χ0n) is 14.5. The molecule has 2 aromatic rings. The molecule has 0 saturated carbocycles. The molecule has 0 saturated heterocycles. The number of aromatic nitrogens is 3. The van der Waals surface area contributed by atoms with Crippen LogP contribution in [0.2, 0.25) is 0 Å². The topological polar surface area (TPSA) is 83.3 Å². The summed E-state index contributed by atoms with van der Waals surface area (Å²) in [7, 11) is 0. The van der Waals surface area contributed by atoms with Crippen molar-refractivity contribution in [1.29, 1.82) is 0 Å². The minimum atomic E-state index is -0.198. The number of amides is 2. The van der Waals surface area contributed by atoms with E-state index in [0.717, 1.165) is 29.3 Å². The number of aliphatic hydroxyl groups excluding tert-OH is 1. The molecule has 7 heteroatoms. The van der Waals surface area contributed by atoms with Gasteiger partial charge in [0.05, 0.1) is 13.2 Å². The van der Waals surface area contributed by atoms with Gasteiger partial charge in [-0.25, -0.2) is 14.5 Å². The molecule has 1 heterocycles. The van der Waals surface area contributed by atoms with Gasteiger partial charge in [0.2, 0.25) is 0 Å². The van der Waals surface area contributed by atoms with Crippen molar-refractivity contribution in [1.82, 2.24) is 19.7 Å². The number of aryl methyl sites for hydroxylation is 2. The van der Waals surface area contributed by atoms with Crippen molar-refractivity contribution in [2.45, 2.75) is 33.7 Å². The number of nitrogens with zero attached hydrogens (tertiary/aromatic N) is 4. The van der Waals surface area contributed by atoms with Gasteiger partial charge in [-0.15, -0.1) is 0 Å². The highest BCUT2D eigenvalue weighted by Gasteiger charge is 2.12. The molecular formula is C17H25N5O2. The Hall–Kier alpha value is -2.41. The number of hydrogen-bond acceptors (Lipinski definition) is 4. The Bertz CT molecular complexity index is 677. The van der Waals surface area contributed by atoms with Crippen molar-refractivity contribution in [2.24, 2.45) is 0 Å². The maximum Gasteiger partial charge on any atom is 0.321 e. The molecule has 0 spiro atoms. The SMILES string of the molecule is CCCN(CCO)C(=O)Nc1cccc(Cn2nc(C)nc2C)c1. The van der Waals surface area contributed by atoms with Gasteiger partial charge in [0, 0.05) is 18.8 Å². The lowest BCUT2D eigenvalue weighted by molar-refractivity contribution is 0.188. The Morgan fingerprint density at radius 3 is 2.75 bits per heavy atom. The molecule has 0 fully saturated rings. The van der Waals surface area contributed by atoms with E-state index in [1.165, 1.54) is 0 Å². The van der Waals surface area contributed by atoms with Crippen LogP contribution in [0.15, 0.2) is 24.3 Å². The van der Waals surface area contributed by atoms with E-state index in [9.17, 15) is 4.79 Å². The summed E-state index contributed by atoms with van der Waals surface area (Å²) >= 11 is 0. The molecule has 2 amide bonds. The Balaban J connectivity index is 2.06. The molecule has 7 nitrogen and oxygen atoms in total. The summed E-state index contributed by atoms with van der Waals surface area (Å²) in [5, 5.41) is 16.3. The number of hydrogen-bond donors (Lipinski definition) is 2. The van der Waals surface area contributed by atoms with Crippen molar-refractivity contribution in [3.8, 4) is 0 Å². The number of carbonyl (C=O) groups excluding carboxylic acids is 1. The first-order chi connectivity index (χ1) is 11.5. The van der Waals surface area contributed by atoms with E-state index >= 15 is 0 Å². The number of carbonyl (C=O) groups is 1. The van der Waals surface area contributed by atoms with Gasteiger partial charge < -0.3 is 15.3 Å². The number of nitrogens with one attached hydrogen (secondary N) is 1. The average molecular weight is 331 g/mol. The second-order valence-electron chi connectivity index (χ2n) is 5.71. The highest BCUT2D eigenvalue weighted by Crippen LogP contribution is 2.13. The van der Waals surface area contributed by atoms with E-state index < -0.39 is 0 Å². The van der Waals surface area contributed by atoms with Crippen molar-refractivity contribution >= 4 is 11.7 Å². The van der Waals surface area contributed by atoms with Gasteiger partial charge in [0.1, 0.15) is 11.6 Å². The number of rotatable bonds is 7. The Labute approximate surface area is 142 Å². The lowest BCUT2D eigenvalue weighted by atomic mass is 10.2. The van der Waals surface area contributed by atoms with Crippen molar-refractivity contribution in [3.05, 3.63) is 41.5 Å². The molecule has 1 aromatic carbocycles. The third-order valence-corrected chi connectivity index (χ3v) is 3.62. The first-order valence-corrected chi connectivity index (χ1v) is 8.17. The van der Waals surface area contributed by atoms with Crippen molar-refractivity contribution in [3.63, 3.8) is 0 Å². The second kappa shape index (κ2) is 8.44. The van der Waals surface area contributed by atoms with Crippen LogP contribution >= 0.6 is 0 Å². The highest BCUT2D eigenvalue weighted by molar-refractivity contribution is 5.89. The molecule has 0 unspecified atom stereocenters. The third kappa shape index (κ3) is 4.79. The lowest BCUT2D eigenvalue weighted by Gasteiger charge is -2.21. The number of benzene rings is 1. The van der Waals surface area contributed by atoms with Gasteiger partial charge in [-0.2, -0.15) is 5.10 Å². The number of anilines is 1. The first-order valence-electron chi connectivity index (χ1n) is 8.17. The monoisotopic (exact) mass is 331 g/mol. The first kappa shape index (κ1) is 17.9. The van der Waals surface area contributed by atoms with Gasteiger partial charge >= 0.3 is 6.03 Å². The van der Waals surface area contributed by atoms with Crippen LogP contribution < -0.4 is 5.32 Å². The molecule has 0 aliphatic carbocycles. The predicted molar refractivity (Wildman–Crippen MR) is 93.0 cm³/mol. The summed E-state index contributed by atoms with van der Waals surface area (Å²) < 4.78 is 1.84. The lowest BCUT2D eigenvalue weighted by Crippen LogP contribution is -2.37. The fraction of sp³-hybridized carbons (Fsp3) is 0.471. The standard InChI is InChI=1S/C17H25N5O2/c1-4-8-21(9-10-23)17(24)19-16-7-5-6-15(11-16)12-22-14(3)18-13(2)20-22/h5-7,11,23H,4,8-10,12H2,1-3H3,(H,19,24). The van der Waals surface area contributed by atoms with E-state index in [2.05, 4.69) is 15.4 Å². The van der Waals surface area contributed by atoms with Crippen LogP contribution in [0.5, 0.6) is 0 Å². The summed E-state index contributed by atoms with van der Waals surface area (Å²) in [5.74, 6) is 1.61. The maximum atomic E-state index is 12.3. The van der Waals surface area contributed by atoms with E-state index in [1.54, 1.807) is 4.90 Å². The molecule has 1 aromatic heterocycles. The van der Waals surface area contributed by atoms with Crippen LogP contribution in [0.4, 0.5) is 10.5 Å². The zero-order chi connectivity index (χ0) is 17.5. The molecule has 2 N–H and O–H groups in total. The van der Waals surface area contributed by atoms with E-state index in [4.69, 9.17) is 5.11 Å². The van der Waals surface area contributed by atoms with Gasteiger partial charge in [-0.1, -0.05) is 19.1 Å². The normalized spacial score (nSPS) is 10.7. The second-order valence-corrected chi connectivity index (χ2v) is 5.71. The molecule has 0 aliphatic rings. The Morgan fingerprint density at radius 1 is 1.33 bits per heavy atom. The highest BCUT2D eigenvalue weighted by atomic mass is 16.3. The summed E-state index contributed by atoms with van der Waals surface area (Å²) in [6.45, 7) is 7.29. The van der Waals surface area contributed by atoms with Crippen LogP contribution in [-0.4, -0.2) is 50.5 Å². The van der Waals surface area contributed by atoms with E-state index in [1.807, 2.05) is 49.7 Å². The van der Waals surface area contributed by atoms with Crippen molar-refractivity contribution in [2.75, 3.05) is 25.0 Å². The molecular weight excluding hydrogens is 306 g/mol. The molecule has 0 radical (unpaired) electrons. The summed E-state index contributed by atoms with van der Waals surface area (Å²) in [6, 6.07) is 7.47. The quantitative estimate of drug-likeness (QED) is 0.814. The van der Waals surface area contributed by atoms with Crippen molar-refractivity contribution < 1.29 is 9.90 Å². The van der Waals surface area contributed by atoms with Crippen LogP contribution in [0.25, 0.3) is 0 Å². The summed E-state index contributed by atoms with van der Waals surface area (Å²) in [5.41, 5.74) is 1.76. The smallest absolute Gasteiger partial charge is 0.321 e. The van der Waals surface area contributed by atoms with Crippen LogP contribution in [0, 0.1) is 13.8 Å². The van der Waals surface area contributed by atoms with Crippen LogP contribution in [0.1, 0.15) is 30.6 Å². The van der Waals surface area contributed by atoms with Gasteiger partial charge in [0.25, 0.3) is 0 Å². The molecule has 0 aliphatic heterocycles. The van der Waals surface area contributed by atoms with Gasteiger partial charge in [0.15, 0.2) is 0 Å². The molecule has 130 valence electrons. The van der Waals surface area contributed by atoms with Crippen LogP contribution in [0.3, 0.4) is 0 Å². The minimum Gasteiger partial charge on any atom is -0.395 e. The summed E-state index contributed by atoms with van der Waals surface area (Å²) in [4.78, 5) is 18.2. The predicted octanol–water partition coefficient (Wildman–Crippen LogP) is 2.18. The fourth-order valence-electron chi connectivity index (χ4n) is 2.54. The Morgan fingerprint density at radius 2 is 2.12 bits per heavy atom. The number of urea groups is 1. The van der Waals surface area contributed by atoms with E-state index in [0.29, 0.717) is 19.6 Å². The van der Waals surface area contributed by atoms with Gasteiger partial charge in [-0.05, 0) is 38.0 Å². The van der Waals surface area contributed by atoms with Gasteiger partial charge in [-0.3, -0.25) is 0 Å². The molecule has 2 rings (SSSR count). The van der Waals surface area contributed by atoms with E-state index in [-0.39, 0.29) is 12.6 Å². The third-order valence-electron chi connectivity index (χ3n) is 3.62. The largest absolute Gasteiger partial charge is 0.395 e. The van der Waals surface area contributed by atoms with Crippen LogP contribution in [-0.2, 0) is 6.54 Å². The maximum absolute atomic E-state index is 12.3. The average Bonchev–Trinajstić information content (AvgIpc) is 2.85. The fourth-order valence-corrected chi connectivity index (χ4v) is 2.54. The Kier molecular flexibility index (Phi) is 6.31. The molecule has 24 heavy (non-hydrogen) atoms.